The average molecular weight is 441 g/mol. The Kier molecular flexibility index (Phi) is 14.7. The van der Waals surface area contributed by atoms with Crippen LogP contribution in [0.3, 0.4) is 0 Å². The highest BCUT2D eigenvalue weighted by Gasteiger charge is 2.39. The molecule has 31 heavy (non-hydrogen) atoms. The molecule has 2 heterocycles. The van der Waals surface area contributed by atoms with Gasteiger partial charge in [-0.2, -0.15) is 0 Å². The van der Waals surface area contributed by atoms with E-state index < -0.39 is 0 Å². The molecule has 0 bridgehead atoms. The van der Waals surface area contributed by atoms with E-state index in [0.29, 0.717) is 6.79 Å². The lowest BCUT2D eigenvalue weighted by Crippen LogP contribution is -2.33. The van der Waals surface area contributed by atoms with E-state index in [1.165, 1.54) is 77.0 Å². The monoisotopic (exact) mass is 440 g/mol. The third-order valence-electron chi connectivity index (χ3n) is 6.89. The zero-order valence-electron chi connectivity index (χ0n) is 20.2. The summed E-state index contributed by atoms with van der Waals surface area (Å²) in [7, 11) is 1.67. The van der Waals surface area contributed by atoms with E-state index in [-0.39, 0.29) is 30.5 Å². The molecular weight excluding hydrogens is 392 g/mol. The first-order valence-electron chi connectivity index (χ1n) is 13.1. The highest BCUT2D eigenvalue weighted by atomic mass is 16.7. The molecule has 2 aliphatic heterocycles. The van der Waals surface area contributed by atoms with Crippen molar-refractivity contribution < 1.29 is 23.7 Å². The highest BCUT2D eigenvalue weighted by molar-refractivity contribution is 5.56. The zero-order valence-corrected chi connectivity index (χ0v) is 20.2. The lowest BCUT2D eigenvalue weighted by molar-refractivity contribution is -0.144. The van der Waals surface area contributed by atoms with Gasteiger partial charge in [-0.05, 0) is 32.1 Å². The predicted molar refractivity (Wildman–Crippen MR) is 124 cm³/mol. The number of carbonyl (C=O) groups excluding carboxylic acids is 1. The first kappa shape index (κ1) is 26.8. The average Bonchev–Trinajstić information content (AvgIpc) is 3.46. The van der Waals surface area contributed by atoms with Gasteiger partial charge >= 0.3 is 0 Å². The number of ether oxygens (including phenoxy) is 4. The fraction of sp³-hybridized carbons (Fsp3) is 0.962. The summed E-state index contributed by atoms with van der Waals surface area (Å²) in [5.74, 6) is 0. The van der Waals surface area contributed by atoms with Gasteiger partial charge in [0.25, 0.3) is 0 Å². The summed E-state index contributed by atoms with van der Waals surface area (Å²) >= 11 is 0. The molecule has 0 spiro atoms. The van der Waals surface area contributed by atoms with E-state index in [0.717, 1.165) is 38.4 Å². The Labute approximate surface area is 190 Å². The number of aldehydes is 1. The van der Waals surface area contributed by atoms with Crippen LogP contribution in [0.15, 0.2) is 0 Å². The molecule has 0 amide bonds. The largest absolute Gasteiger partial charge is 0.370 e. The summed E-state index contributed by atoms with van der Waals surface area (Å²) < 4.78 is 23.3. The van der Waals surface area contributed by atoms with Gasteiger partial charge in [0, 0.05) is 7.11 Å². The zero-order chi connectivity index (χ0) is 22.2. The fourth-order valence-corrected chi connectivity index (χ4v) is 5.02. The Morgan fingerprint density at radius 1 is 0.806 bits per heavy atom. The number of methoxy groups -OCH3 is 1. The van der Waals surface area contributed by atoms with Crippen LogP contribution in [0.4, 0.5) is 0 Å². The summed E-state index contributed by atoms with van der Waals surface area (Å²) in [5.41, 5.74) is 0. The summed E-state index contributed by atoms with van der Waals surface area (Å²) in [6, 6.07) is 0. The molecule has 0 saturated carbocycles. The number of hydrogen-bond acceptors (Lipinski definition) is 5. The topological polar surface area (TPSA) is 54.0 Å². The van der Waals surface area contributed by atoms with Gasteiger partial charge in [0.1, 0.15) is 19.2 Å². The van der Waals surface area contributed by atoms with Crippen LogP contribution in [-0.2, 0) is 23.7 Å². The minimum atomic E-state index is -0.241. The Bertz CT molecular complexity index is 444. The second-order valence-corrected chi connectivity index (χ2v) is 9.51. The van der Waals surface area contributed by atoms with Crippen LogP contribution < -0.4 is 0 Å². The minimum Gasteiger partial charge on any atom is -0.370 e. The molecule has 0 aromatic carbocycles. The lowest BCUT2D eigenvalue weighted by atomic mass is 10.0. The Morgan fingerprint density at radius 2 is 1.39 bits per heavy atom. The Hall–Kier alpha value is -0.490. The van der Waals surface area contributed by atoms with Crippen LogP contribution >= 0.6 is 0 Å². The summed E-state index contributed by atoms with van der Waals surface area (Å²) in [6.45, 7) is 2.60. The first-order chi connectivity index (χ1) is 15.3. The molecule has 0 radical (unpaired) electrons. The lowest BCUT2D eigenvalue weighted by Gasteiger charge is -2.25. The molecule has 2 fully saturated rings. The first-order valence-corrected chi connectivity index (χ1v) is 13.1. The molecule has 2 saturated heterocycles. The molecule has 5 heteroatoms. The predicted octanol–water partition coefficient (Wildman–Crippen LogP) is 6.36. The van der Waals surface area contributed by atoms with E-state index in [1.807, 2.05) is 0 Å². The van der Waals surface area contributed by atoms with Crippen molar-refractivity contribution in [2.24, 2.45) is 0 Å². The Morgan fingerprint density at radius 3 is 1.97 bits per heavy atom. The van der Waals surface area contributed by atoms with Crippen LogP contribution in [0.5, 0.6) is 0 Å². The summed E-state index contributed by atoms with van der Waals surface area (Å²) in [6.07, 6.45) is 22.1. The van der Waals surface area contributed by atoms with Crippen molar-refractivity contribution in [3.05, 3.63) is 0 Å². The molecule has 0 aromatic rings. The minimum absolute atomic E-state index is 0.0647. The summed E-state index contributed by atoms with van der Waals surface area (Å²) in [4.78, 5) is 11.0. The standard InChI is InChI=1S/C26H48O5/c1-3-4-5-6-7-8-9-10-11-12-13-14-15-23(29-21-28-2)24-18-19-26(31-24)25-17-16-22(20-27)30-25/h20,22-26H,3-19,21H2,1-2H3/t22-,23-,24-,25-,26-/m0/s1. The molecular formula is C26H48O5. The SMILES string of the molecule is CCCCCCCCCCCCCC[C@H](OCOC)[C@@H]1CC[C@@H]([C@@H]2CC[C@@H](C=O)O2)O1. The second-order valence-electron chi connectivity index (χ2n) is 9.51. The normalized spacial score (nSPS) is 27.0. The molecule has 0 N–H and O–H groups in total. The van der Waals surface area contributed by atoms with Crippen molar-refractivity contribution in [3.8, 4) is 0 Å². The van der Waals surface area contributed by atoms with Crippen LogP contribution in [0, 0.1) is 0 Å². The maximum absolute atomic E-state index is 11.0. The quantitative estimate of drug-likeness (QED) is 0.133. The van der Waals surface area contributed by atoms with E-state index in [4.69, 9.17) is 18.9 Å². The third kappa shape index (κ3) is 10.8. The fourth-order valence-electron chi connectivity index (χ4n) is 5.02. The van der Waals surface area contributed by atoms with Crippen LogP contribution in [-0.4, -0.2) is 50.7 Å². The number of unbranched alkanes of at least 4 members (excludes halogenated alkanes) is 11. The van der Waals surface area contributed by atoms with Gasteiger partial charge in [0.15, 0.2) is 0 Å². The van der Waals surface area contributed by atoms with Crippen molar-refractivity contribution in [2.75, 3.05) is 13.9 Å². The maximum atomic E-state index is 11.0. The van der Waals surface area contributed by atoms with Crippen molar-refractivity contribution in [1.29, 1.82) is 0 Å². The molecule has 0 aromatic heterocycles. The van der Waals surface area contributed by atoms with Gasteiger partial charge in [0.05, 0.1) is 24.4 Å². The highest BCUT2D eigenvalue weighted by Crippen LogP contribution is 2.33. The van der Waals surface area contributed by atoms with Crippen LogP contribution in [0.1, 0.15) is 116 Å². The second kappa shape index (κ2) is 17.0. The van der Waals surface area contributed by atoms with Crippen LogP contribution in [0.25, 0.3) is 0 Å². The van der Waals surface area contributed by atoms with Crippen molar-refractivity contribution in [1.82, 2.24) is 0 Å². The molecule has 5 atom stereocenters. The summed E-state index contributed by atoms with van der Waals surface area (Å²) in [5, 5.41) is 0. The maximum Gasteiger partial charge on any atom is 0.148 e. The van der Waals surface area contributed by atoms with Gasteiger partial charge in [-0.1, -0.05) is 84.0 Å². The number of carbonyl (C=O) groups is 1. The van der Waals surface area contributed by atoms with E-state index >= 15 is 0 Å². The van der Waals surface area contributed by atoms with Gasteiger partial charge in [0.2, 0.25) is 0 Å². The van der Waals surface area contributed by atoms with E-state index in [2.05, 4.69) is 6.92 Å². The van der Waals surface area contributed by atoms with Gasteiger partial charge in [-0.3, -0.25) is 0 Å². The Balaban J connectivity index is 1.54. The number of hydrogen-bond donors (Lipinski definition) is 0. The van der Waals surface area contributed by atoms with E-state index in [1.54, 1.807) is 7.11 Å². The van der Waals surface area contributed by atoms with Crippen molar-refractivity contribution in [2.45, 2.75) is 147 Å². The number of rotatable bonds is 19. The smallest absolute Gasteiger partial charge is 0.148 e. The van der Waals surface area contributed by atoms with Crippen molar-refractivity contribution in [3.63, 3.8) is 0 Å². The van der Waals surface area contributed by atoms with Crippen molar-refractivity contribution >= 4 is 6.29 Å². The molecule has 2 rings (SSSR count). The molecule has 5 nitrogen and oxygen atoms in total. The third-order valence-corrected chi connectivity index (χ3v) is 6.89. The molecule has 0 aliphatic carbocycles. The van der Waals surface area contributed by atoms with Gasteiger partial charge in [-0.15, -0.1) is 0 Å². The molecule has 0 unspecified atom stereocenters. The molecule has 182 valence electrons. The molecule has 2 aliphatic rings. The van der Waals surface area contributed by atoms with Gasteiger partial charge < -0.3 is 23.7 Å². The van der Waals surface area contributed by atoms with Crippen LogP contribution in [0.2, 0.25) is 0 Å². The van der Waals surface area contributed by atoms with Gasteiger partial charge in [-0.25, -0.2) is 0 Å². The van der Waals surface area contributed by atoms with E-state index in [9.17, 15) is 4.79 Å².